The van der Waals surface area contributed by atoms with Crippen LogP contribution in [0.5, 0.6) is 5.75 Å². The molecule has 114 valence electrons. The summed E-state index contributed by atoms with van der Waals surface area (Å²) in [5, 5.41) is 2.88. The van der Waals surface area contributed by atoms with Crippen molar-refractivity contribution in [3.8, 4) is 5.75 Å². The molecule has 22 heavy (non-hydrogen) atoms. The van der Waals surface area contributed by atoms with Gasteiger partial charge in [-0.3, -0.25) is 4.79 Å². The summed E-state index contributed by atoms with van der Waals surface area (Å²) < 4.78 is 19.4. The average molecular weight is 364 g/mol. The van der Waals surface area contributed by atoms with E-state index in [2.05, 4.69) is 21.2 Å². The largest absolute Gasteiger partial charge is 0.489 e. The molecule has 3 rings (SSSR count). The van der Waals surface area contributed by atoms with Gasteiger partial charge in [0.25, 0.3) is 0 Å². The van der Waals surface area contributed by atoms with Gasteiger partial charge in [-0.1, -0.05) is 22.0 Å². The number of benzene rings is 2. The summed E-state index contributed by atoms with van der Waals surface area (Å²) in [6, 6.07) is 11.7. The first kappa shape index (κ1) is 15.0. The molecule has 1 aliphatic rings. The third-order valence-electron chi connectivity index (χ3n) is 3.48. The lowest BCUT2D eigenvalue weighted by Gasteiger charge is -2.09. The second-order valence-electron chi connectivity index (χ2n) is 5.31. The molecule has 2 aromatic carbocycles. The van der Waals surface area contributed by atoms with E-state index in [0.717, 1.165) is 24.1 Å². The van der Waals surface area contributed by atoms with Gasteiger partial charge in [0.2, 0.25) is 5.91 Å². The molecule has 0 unspecified atom stereocenters. The molecule has 1 fully saturated rings. The first-order valence-electron chi connectivity index (χ1n) is 7.09. The number of hydrogen-bond acceptors (Lipinski definition) is 2. The maximum atomic E-state index is 13.0. The van der Waals surface area contributed by atoms with E-state index >= 15 is 0 Å². The highest BCUT2D eigenvalue weighted by atomic mass is 79.9. The van der Waals surface area contributed by atoms with Crippen LogP contribution in [0.2, 0.25) is 0 Å². The molecule has 1 aliphatic carbocycles. The summed E-state index contributed by atoms with van der Waals surface area (Å²) >= 11 is 3.31. The van der Waals surface area contributed by atoms with E-state index < -0.39 is 0 Å². The number of halogens is 2. The Hall–Kier alpha value is -1.88. The Morgan fingerprint density at radius 2 is 1.95 bits per heavy atom. The number of carbonyl (C=O) groups is 1. The molecule has 0 aliphatic heterocycles. The summed E-state index contributed by atoms with van der Waals surface area (Å²) in [6.45, 7) is 0.342. The lowest BCUT2D eigenvalue weighted by molar-refractivity contribution is -0.117. The van der Waals surface area contributed by atoms with Crippen molar-refractivity contribution >= 4 is 27.5 Å². The molecule has 1 amide bonds. The Morgan fingerprint density at radius 3 is 2.59 bits per heavy atom. The molecule has 0 atom stereocenters. The zero-order valence-corrected chi connectivity index (χ0v) is 13.4. The zero-order chi connectivity index (χ0) is 15.5. The molecule has 0 radical (unpaired) electrons. The van der Waals surface area contributed by atoms with Crippen molar-refractivity contribution in [2.45, 2.75) is 19.4 Å². The van der Waals surface area contributed by atoms with Crippen LogP contribution in [0, 0.1) is 11.7 Å². The normalized spacial score (nSPS) is 13.7. The highest BCUT2D eigenvalue weighted by Gasteiger charge is 2.29. The van der Waals surface area contributed by atoms with Crippen molar-refractivity contribution in [2.75, 3.05) is 5.32 Å². The molecular formula is C17H15BrFNO2. The van der Waals surface area contributed by atoms with Crippen LogP contribution >= 0.6 is 15.9 Å². The molecular weight excluding hydrogens is 349 g/mol. The summed E-state index contributed by atoms with van der Waals surface area (Å²) in [5.41, 5.74) is 1.64. The van der Waals surface area contributed by atoms with Crippen LogP contribution in [0.3, 0.4) is 0 Å². The van der Waals surface area contributed by atoms with Gasteiger partial charge in [0.15, 0.2) is 0 Å². The molecule has 0 heterocycles. The quantitative estimate of drug-likeness (QED) is 0.848. The van der Waals surface area contributed by atoms with Gasteiger partial charge in [-0.25, -0.2) is 4.39 Å². The lowest BCUT2D eigenvalue weighted by Crippen LogP contribution is -2.13. The highest BCUT2D eigenvalue weighted by molar-refractivity contribution is 9.10. The fourth-order valence-corrected chi connectivity index (χ4v) is 2.49. The average Bonchev–Trinajstić information content (AvgIpc) is 3.32. The van der Waals surface area contributed by atoms with Crippen molar-refractivity contribution in [1.82, 2.24) is 0 Å². The van der Waals surface area contributed by atoms with Gasteiger partial charge < -0.3 is 10.1 Å². The molecule has 0 spiro atoms. The Kier molecular flexibility index (Phi) is 4.43. The van der Waals surface area contributed by atoms with Crippen molar-refractivity contribution in [3.63, 3.8) is 0 Å². The van der Waals surface area contributed by atoms with Gasteiger partial charge in [0.05, 0.1) is 0 Å². The van der Waals surface area contributed by atoms with Crippen LogP contribution in [0.25, 0.3) is 0 Å². The van der Waals surface area contributed by atoms with Gasteiger partial charge in [0.1, 0.15) is 18.2 Å². The zero-order valence-electron chi connectivity index (χ0n) is 11.8. The Morgan fingerprint density at radius 1 is 1.23 bits per heavy atom. The number of hydrogen-bond donors (Lipinski definition) is 1. The van der Waals surface area contributed by atoms with E-state index in [1.165, 1.54) is 12.1 Å². The summed E-state index contributed by atoms with van der Waals surface area (Å²) in [6.07, 6.45) is 1.97. The fraction of sp³-hybridized carbons (Fsp3) is 0.235. The molecule has 5 heteroatoms. The first-order chi connectivity index (χ1) is 10.6. The number of carbonyl (C=O) groups excluding carboxylic acids is 1. The molecule has 3 nitrogen and oxygen atoms in total. The smallest absolute Gasteiger partial charge is 0.227 e. The van der Waals surface area contributed by atoms with E-state index in [1.54, 1.807) is 18.2 Å². The van der Waals surface area contributed by atoms with Gasteiger partial charge in [0, 0.05) is 21.6 Å². The van der Waals surface area contributed by atoms with Crippen molar-refractivity contribution in [3.05, 3.63) is 58.3 Å². The molecule has 1 saturated carbocycles. The number of anilines is 1. The number of ether oxygens (including phenoxy) is 1. The third-order valence-corrected chi connectivity index (χ3v) is 4.22. The van der Waals surface area contributed by atoms with Crippen molar-refractivity contribution < 1.29 is 13.9 Å². The Bertz CT molecular complexity index is 684. The molecule has 2 aromatic rings. The number of rotatable bonds is 5. The summed E-state index contributed by atoms with van der Waals surface area (Å²) in [7, 11) is 0. The predicted octanol–water partition coefficient (Wildman–Crippen LogP) is 4.52. The van der Waals surface area contributed by atoms with E-state index in [0.29, 0.717) is 16.8 Å². The Labute approximate surface area is 136 Å². The summed E-state index contributed by atoms with van der Waals surface area (Å²) in [5.74, 6) is 0.683. The maximum Gasteiger partial charge on any atom is 0.227 e. The van der Waals surface area contributed by atoms with Crippen molar-refractivity contribution in [1.29, 1.82) is 0 Å². The van der Waals surface area contributed by atoms with Gasteiger partial charge in [-0.15, -0.1) is 0 Å². The molecule has 1 N–H and O–H groups in total. The van der Waals surface area contributed by atoms with Crippen molar-refractivity contribution in [2.24, 2.45) is 5.92 Å². The third kappa shape index (κ3) is 3.85. The number of amides is 1. The molecule has 0 bridgehead atoms. The number of nitrogens with one attached hydrogen (secondary N) is 1. The topological polar surface area (TPSA) is 38.3 Å². The highest BCUT2D eigenvalue weighted by Crippen LogP contribution is 2.30. The molecule has 0 saturated heterocycles. The van der Waals surface area contributed by atoms with Crippen LogP contribution < -0.4 is 10.1 Å². The second kappa shape index (κ2) is 6.48. The minimum Gasteiger partial charge on any atom is -0.489 e. The van der Waals surface area contributed by atoms with E-state index in [1.807, 2.05) is 12.1 Å². The monoisotopic (exact) mass is 363 g/mol. The van der Waals surface area contributed by atoms with Crippen LogP contribution in [-0.2, 0) is 11.4 Å². The predicted molar refractivity (Wildman–Crippen MR) is 86.2 cm³/mol. The fourth-order valence-electron chi connectivity index (χ4n) is 2.02. The minimum absolute atomic E-state index is 0.0870. The van der Waals surface area contributed by atoms with E-state index in [9.17, 15) is 9.18 Å². The first-order valence-corrected chi connectivity index (χ1v) is 7.89. The standard InChI is InChI=1S/C17H15BrFNO2/c18-16-9-13(19)4-3-12(16)10-22-15-7-5-14(6-8-15)20-17(21)11-1-2-11/h3-9,11H,1-2,10H2,(H,20,21). The SMILES string of the molecule is O=C(Nc1ccc(OCc2ccc(F)cc2Br)cc1)C1CC1. The maximum absolute atomic E-state index is 13.0. The van der Waals surface area contributed by atoms with Gasteiger partial charge >= 0.3 is 0 Å². The molecule has 0 aromatic heterocycles. The van der Waals surface area contributed by atoms with Crippen LogP contribution in [0.4, 0.5) is 10.1 Å². The summed E-state index contributed by atoms with van der Waals surface area (Å²) in [4.78, 5) is 11.7. The van der Waals surface area contributed by atoms with Crippen LogP contribution in [0.15, 0.2) is 46.9 Å². The van der Waals surface area contributed by atoms with E-state index in [-0.39, 0.29) is 17.6 Å². The van der Waals surface area contributed by atoms with E-state index in [4.69, 9.17) is 4.74 Å². The minimum atomic E-state index is -0.286. The van der Waals surface area contributed by atoms with Gasteiger partial charge in [-0.2, -0.15) is 0 Å². The second-order valence-corrected chi connectivity index (χ2v) is 6.17. The van der Waals surface area contributed by atoms with Gasteiger partial charge in [-0.05, 0) is 49.2 Å². The lowest BCUT2D eigenvalue weighted by atomic mass is 10.2. The van der Waals surface area contributed by atoms with Crippen LogP contribution in [-0.4, -0.2) is 5.91 Å². The van der Waals surface area contributed by atoms with Crippen LogP contribution in [0.1, 0.15) is 18.4 Å². The Balaban J connectivity index is 1.57.